The monoisotopic (exact) mass is 338 g/mol. The molecule has 1 N–H and O–H groups in total. The fraction of sp³-hybridized carbons (Fsp3) is 0.364. The Hall–Kier alpha value is -1.64. The van der Waals surface area contributed by atoms with E-state index in [1.54, 1.807) is 0 Å². The predicted molar refractivity (Wildman–Crippen MR) is 108 cm³/mol. The largest absolute Gasteiger partial charge is 0.393 e. The minimum absolute atomic E-state index is 0.0854. The van der Waals surface area contributed by atoms with Crippen LogP contribution in [0.4, 0.5) is 0 Å². The maximum Gasteiger partial charge on any atom is 0.141 e. The molecule has 1 unspecified atom stereocenters. The lowest BCUT2D eigenvalue weighted by atomic mass is 9.95. The van der Waals surface area contributed by atoms with Gasteiger partial charge in [-0.2, -0.15) is 0 Å². The maximum atomic E-state index is 10.2. The molecule has 128 valence electrons. The van der Waals surface area contributed by atoms with Crippen LogP contribution in [0.5, 0.6) is 0 Å². The van der Waals surface area contributed by atoms with Gasteiger partial charge in [-0.3, -0.25) is 0 Å². The van der Waals surface area contributed by atoms with E-state index in [9.17, 15) is 5.11 Å². The molecule has 0 aliphatic rings. The number of rotatable bonds is 5. The van der Waals surface area contributed by atoms with E-state index in [0.29, 0.717) is 0 Å². The van der Waals surface area contributed by atoms with Crippen LogP contribution in [-0.4, -0.2) is 19.3 Å². The number of hydrogen-bond acceptors (Lipinski definition) is 1. The van der Waals surface area contributed by atoms with Gasteiger partial charge in [0.15, 0.2) is 0 Å². The summed E-state index contributed by atoms with van der Waals surface area (Å²) in [6, 6.07) is 21.6. The van der Waals surface area contributed by atoms with Gasteiger partial charge >= 0.3 is 0 Å². The molecule has 0 saturated heterocycles. The second-order valence-corrected chi connectivity index (χ2v) is 12.0. The van der Waals surface area contributed by atoms with Crippen LogP contribution < -0.4 is 10.4 Å². The third kappa shape index (κ3) is 4.46. The third-order valence-corrected chi connectivity index (χ3v) is 9.08. The van der Waals surface area contributed by atoms with Crippen LogP contribution in [0, 0.1) is 5.41 Å². The quantitative estimate of drug-likeness (QED) is 0.812. The topological polar surface area (TPSA) is 20.2 Å². The first-order valence-electron chi connectivity index (χ1n) is 8.75. The average Bonchev–Trinajstić information content (AvgIpc) is 2.53. The number of aliphatic hydroxyl groups is 1. The van der Waals surface area contributed by atoms with Gasteiger partial charge in [-0.15, -0.1) is 0 Å². The van der Waals surface area contributed by atoms with Crippen LogP contribution in [-0.2, 0) is 0 Å². The van der Waals surface area contributed by atoms with Crippen LogP contribution in [0.2, 0.25) is 6.55 Å². The highest BCUT2D eigenvalue weighted by Crippen LogP contribution is 2.27. The Morgan fingerprint density at radius 1 is 0.958 bits per heavy atom. The molecular weight excluding hydrogens is 308 g/mol. The Morgan fingerprint density at radius 2 is 1.38 bits per heavy atom. The molecule has 0 aromatic heterocycles. The first-order valence-corrected chi connectivity index (χ1v) is 11.2. The summed E-state index contributed by atoms with van der Waals surface area (Å²) in [4.78, 5) is 0. The van der Waals surface area contributed by atoms with Crippen molar-refractivity contribution >= 4 is 18.4 Å². The van der Waals surface area contributed by atoms with Crippen molar-refractivity contribution in [2.45, 2.75) is 46.8 Å². The fourth-order valence-corrected chi connectivity index (χ4v) is 7.55. The molecule has 2 aromatic rings. The van der Waals surface area contributed by atoms with E-state index in [1.165, 1.54) is 15.6 Å². The summed E-state index contributed by atoms with van der Waals surface area (Å²) in [6.45, 7) is 11.0. The summed E-state index contributed by atoms with van der Waals surface area (Å²) in [5.74, 6) is 0. The van der Waals surface area contributed by atoms with Crippen molar-refractivity contribution < 1.29 is 5.11 Å². The van der Waals surface area contributed by atoms with Crippen LogP contribution in [0.25, 0.3) is 0 Å². The molecule has 0 fully saturated rings. The van der Waals surface area contributed by atoms with E-state index < -0.39 is 8.07 Å². The number of hydrogen-bond donors (Lipinski definition) is 1. The van der Waals surface area contributed by atoms with Crippen molar-refractivity contribution in [3.63, 3.8) is 0 Å². The molecule has 2 aromatic carbocycles. The molecular formula is C22H30OSi. The number of benzene rings is 2. The Morgan fingerprint density at radius 3 is 1.71 bits per heavy atom. The Kier molecular flexibility index (Phi) is 5.84. The first kappa shape index (κ1) is 18.7. The Balaban J connectivity index is 2.70. The van der Waals surface area contributed by atoms with Crippen molar-refractivity contribution in [1.29, 1.82) is 0 Å². The van der Waals surface area contributed by atoms with Gasteiger partial charge in [-0.1, -0.05) is 99.3 Å². The van der Waals surface area contributed by atoms with E-state index in [-0.39, 0.29) is 11.5 Å². The van der Waals surface area contributed by atoms with Crippen LogP contribution in [0.1, 0.15) is 34.1 Å². The van der Waals surface area contributed by atoms with Gasteiger partial charge in [0.25, 0.3) is 0 Å². The lowest BCUT2D eigenvalue weighted by Crippen LogP contribution is -2.58. The molecule has 0 spiro atoms. The van der Waals surface area contributed by atoms with Crippen LogP contribution in [0.3, 0.4) is 0 Å². The summed E-state index contributed by atoms with van der Waals surface area (Å²) in [5, 5.41) is 14.4. The third-order valence-electron chi connectivity index (χ3n) is 4.47. The van der Waals surface area contributed by atoms with Crippen LogP contribution >= 0.6 is 0 Å². The Bertz CT molecular complexity index is 627. The minimum atomic E-state index is -2.10. The molecule has 2 rings (SSSR count). The lowest BCUT2D eigenvalue weighted by Gasteiger charge is -2.34. The summed E-state index contributed by atoms with van der Waals surface area (Å²) >= 11 is 0. The minimum Gasteiger partial charge on any atom is -0.393 e. The van der Waals surface area contributed by atoms with Crippen molar-refractivity contribution in [3.8, 4) is 0 Å². The van der Waals surface area contributed by atoms with Crippen LogP contribution in [0.15, 0.2) is 71.9 Å². The zero-order valence-electron chi connectivity index (χ0n) is 15.6. The second kappa shape index (κ2) is 7.50. The average molecular weight is 339 g/mol. The smallest absolute Gasteiger partial charge is 0.141 e. The van der Waals surface area contributed by atoms with E-state index in [1.807, 2.05) is 6.92 Å². The van der Waals surface area contributed by atoms with Gasteiger partial charge in [0, 0.05) is 0 Å². The van der Waals surface area contributed by atoms with Crippen molar-refractivity contribution in [2.75, 3.05) is 0 Å². The zero-order valence-corrected chi connectivity index (χ0v) is 16.6. The second-order valence-electron chi connectivity index (χ2n) is 7.95. The van der Waals surface area contributed by atoms with Gasteiger partial charge < -0.3 is 5.11 Å². The standard InChI is InChI=1S/C22H30OSi/c1-18(23)16-21(17-22(2,3)4)24(5,19-12-8-6-9-13-19)20-14-10-7-11-15-20/h6-15,17-18,23H,16H2,1-5H3/b21-17+. The van der Waals surface area contributed by atoms with E-state index >= 15 is 0 Å². The molecule has 0 heterocycles. The SMILES string of the molecule is CC(O)C/C(=C\C(C)(C)C)[Si](C)(c1ccccc1)c1ccccc1. The molecule has 0 bridgehead atoms. The molecule has 1 nitrogen and oxygen atoms in total. The molecule has 1 atom stereocenters. The summed E-state index contributed by atoms with van der Waals surface area (Å²) in [6.07, 6.45) is 2.79. The summed E-state index contributed by atoms with van der Waals surface area (Å²) in [7, 11) is -2.10. The van der Waals surface area contributed by atoms with E-state index in [4.69, 9.17) is 0 Å². The molecule has 0 aliphatic carbocycles. The van der Waals surface area contributed by atoms with Gasteiger partial charge in [0.1, 0.15) is 8.07 Å². The highest BCUT2D eigenvalue weighted by atomic mass is 28.3. The summed E-state index contributed by atoms with van der Waals surface area (Å²) in [5.41, 5.74) is 0.0854. The molecule has 0 saturated carbocycles. The molecule has 0 amide bonds. The zero-order chi connectivity index (χ0) is 17.8. The molecule has 24 heavy (non-hydrogen) atoms. The predicted octanol–water partition coefficient (Wildman–Crippen LogP) is 4.16. The van der Waals surface area contributed by atoms with E-state index in [2.05, 4.69) is 94.1 Å². The van der Waals surface area contributed by atoms with Gasteiger partial charge in [0.05, 0.1) is 6.10 Å². The lowest BCUT2D eigenvalue weighted by molar-refractivity contribution is 0.196. The molecule has 0 aliphatic heterocycles. The van der Waals surface area contributed by atoms with E-state index in [0.717, 1.165) is 6.42 Å². The first-order chi connectivity index (χ1) is 11.2. The van der Waals surface area contributed by atoms with Crippen molar-refractivity contribution in [1.82, 2.24) is 0 Å². The fourth-order valence-electron chi connectivity index (χ4n) is 3.33. The van der Waals surface area contributed by atoms with Crippen molar-refractivity contribution in [3.05, 3.63) is 71.9 Å². The normalized spacial score (nSPS) is 14.5. The maximum absolute atomic E-state index is 10.2. The molecule has 2 heteroatoms. The molecule has 0 radical (unpaired) electrons. The Labute approximate surface area is 148 Å². The van der Waals surface area contributed by atoms with Gasteiger partial charge in [0.2, 0.25) is 0 Å². The summed E-state index contributed by atoms with van der Waals surface area (Å²) < 4.78 is 0. The van der Waals surface area contributed by atoms with Gasteiger partial charge in [-0.25, -0.2) is 0 Å². The number of allylic oxidation sites excluding steroid dienone is 1. The van der Waals surface area contributed by atoms with Gasteiger partial charge in [-0.05, 0) is 29.1 Å². The highest BCUT2D eigenvalue weighted by Gasteiger charge is 2.36. The van der Waals surface area contributed by atoms with Crippen molar-refractivity contribution in [2.24, 2.45) is 5.41 Å². The number of aliphatic hydroxyl groups excluding tert-OH is 1. The highest BCUT2D eigenvalue weighted by molar-refractivity contribution is 7.06.